The molecule has 1 aliphatic rings. The van der Waals surface area contributed by atoms with Gasteiger partial charge in [0.05, 0.1) is 0 Å². The van der Waals surface area contributed by atoms with Crippen LogP contribution in [-0.4, -0.2) is 0 Å². The van der Waals surface area contributed by atoms with Crippen LogP contribution in [0.15, 0.2) is 138 Å². The largest absolute Gasteiger partial charge is 0.314 e. The highest BCUT2D eigenvalue weighted by molar-refractivity contribution is 7.80. The van der Waals surface area contributed by atoms with E-state index < -0.39 is 0 Å². The van der Waals surface area contributed by atoms with Gasteiger partial charge in [-0.05, 0) is 134 Å². The van der Waals surface area contributed by atoms with E-state index >= 15 is 0 Å². The molecule has 0 unspecified atom stereocenters. The normalized spacial score (nSPS) is 12.8. The average molecular weight is 627 g/mol. The van der Waals surface area contributed by atoms with Crippen molar-refractivity contribution in [1.82, 2.24) is 0 Å². The highest BCUT2D eigenvalue weighted by atomic mass is 32.1. The minimum Gasteiger partial charge on any atom is -0.314 e. The molecule has 0 atom stereocenters. The fraction of sp³-hybridized carbons (Fsp3) is 0.302. The Kier molecular flexibility index (Phi) is 12.4. The van der Waals surface area contributed by atoms with Crippen molar-refractivity contribution in [2.24, 2.45) is 0 Å². The third kappa shape index (κ3) is 8.85. The number of hydrogen-bond acceptors (Lipinski definition) is 3. The van der Waals surface area contributed by atoms with E-state index in [9.17, 15) is 0 Å². The number of allylic oxidation sites excluding steroid dienone is 5. The number of rotatable bonds is 15. The number of aryl methyl sites for hydroxylation is 2. The van der Waals surface area contributed by atoms with Crippen LogP contribution in [0.2, 0.25) is 0 Å². The van der Waals surface area contributed by atoms with Gasteiger partial charge < -0.3 is 9.80 Å². The minimum atomic E-state index is 0.872. The van der Waals surface area contributed by atoms with Crippen LogP contribution in [0.1, 0.15) is 83.3 Å². The average Bonchev–Trinajstić information content (AvgIpc) is 3.34. The number of unbranched alkanes of at least 4 members (excludes halogenated alkanes) is 3. The van der Waals surface area contributed by atoms with Gasteiger partial charge in [-0.3, -0.25) is 0 Å². The van der Waals surface area contributed by atoms with Gasteiger partial charge in [0.25, 0.3) is 0 Å². The molecule has 0 fully saturated rings. The number of thiol groups is 1. The van der Waals surface area contributed by atoms with Crippen molar-refractivity contribution >= 4 is 41.1 Å². The molecule has 2 nitrogen and oxygen atoms in total. The van der Waals surface area contributed by atoms with E-state index in [0.717, 1.165) is 47.6 Å². The maximum Gasteiger partial charge on any atom is 0.0463 e. The first-order valence-electron chi connectivity index (χ1n) is 17.3. The first kappa shape index (κ1) is 33.4. The standard InChI is InChI=1S/C43H50N2S/c1-4-7-11-34-14-10-15-37(21-16-34)44(42-30-32-43(46)33-31-42)40-26-28-41(29-27-40)45(38-22-17-35(18-23-38)12-8-5-2)39-24-19-36(20-25-39)13-9-6-3/h10,14,16-33,46H,4-9,11-13,15H2,1-3H3. The molecule has 0 heterocycles. The molecule has 1 aliphatic carbocycles. The van der Waals surface area contributed by atoms with E-state index in [1.807, 2.05) is 0 Å². The van der Waals surface area contributed by atoms with Crippen molar-refractivity contribution in [3.8, 4) is 0 Å². The third-order valence-corrected chi connectivity index (χ3v) is 9.05. The molecule has 0 radical (unpaired) electrons. The summed E-state index contributed by atoms with van der Waals surface area (Å²) in [5, 5.41) is 0. The van der Waals surface area contributed by atoms with Crippen LogP contribution in [0.25, 0.3) is 0 Å². The predicted octanol–water partition coefficient (Wildman–Crippen LogP) is 13.2. The van der Waals surface area contributed by atoms with Gasteiger partial charge in [0.15, 0.2) is 0 Å². The van der Waals surface area contributed by atoms with Gasteiger partial charge in [-0.1, -0.05) is 82.5 Å². The summed E-state index contributed by atoms with van der Waals surface area (Å²) in [5.41, 5.74) is 11.2. The molecule has 4 aromatic carbocycles. The Balaban J connectivity index is 1.51. The van der Waals surface area contributed by atoms with Gasteiger partial charge >= 0.3 is 0 Å². The van der Waals surface area contributed by atoms with Gasteiger partial charge in [-0.15, -0.1) is 12.6 Å². The highest BCUT2D eigenvalue weighted by Gasteiger charge is 2.18. The van der Waals surface area contributed by atoms with E-state index in [1.165, 1.54) is 72.3 Å². The highest BCUT2D eigenvalue weighted by Crippen LogP contribution is 2.38. The summed E-state index contributed by atoms with van der Waals surface area (Å²) in [5.74, 6) is 0. The van der Waals surface area contributed by atoms with Crippen molar-refractivity contribution < 1.29 is 0 Å². The second-order valence-corrected chi connectivity index (χ2v) is 12.9. The predicted molar refractivity (Wildman–Crippen MR) is 204 cm³/mol. The molecule has 0 amide bonds. The monoisotopic (exact) mass is 626 g/mol. The molecular formula is C43H50N2S. The molecule has 0 saturated heterocycles. The Morgan fingerprint density at radius 3 is 1.39 bits per heavy atom. The molecule has 0 N–H and O–H groups in total. The van der Waals surface area contributed by atoms with Crippen LogP contribution < -0.4 is 9.80 Å². The summed E-state index contributed by atoms with van der Waals surface area (Å²) in [4.78, 5) is 5.73. The van der Waals surface area contributed by atoms with Crippen molar-refractivity contribution in [2.75, 3.05) is 9.80 Å². The van der Waals surface area contributed by atoms with Gasteiger partial charge in [-0.25, -0.2) is 0 Å². The summed E-state index contributed by atoms with van der Waals surface area (Å²) in [7, 11) is 0. The summed E-state index contributed by atoms with van der Waals surface area (Å²) < 4.78 is 0. The lowest BCUT2D eigenvalue weighted by Crippen LogP contribution is -2.16. The topological polar surface area (TPSA) is 6.48 Å². The lowest BCUT2D eigenvalue weighted by Gasteiger charge is -2.29. The fourth-order valence-corrected chi connectivity index (χ4v) is 6.19. The zero-order valence-electron chi connectivity index (χ0n) is 28.0. The van der Waals surface area contributed by atoms with Crippen LogP contribution in [0.5, 0.6) is 0 Å². The lowest BCUT2D eigenvalue weighted by molar-refractivity contribution is 0.795. The Bertz CT molecular complexity index is 1540. The molecule has 0 bridgehead atoms. The van der Waals surface area contributed by atoms with Crippen molar-refractivity contribution in [1.29, 1.82) is 0 Å². The van der Waals surface area contributed by atoms with Crippen molar-refractivity contribution in [3.05, 3.63) is 144 Å². The van der Waals surface area contributed by atoms with Crippen LogP contribution in [0.4, 0.5) is 28.4 Å². The van der Waals surface area contributed by atoms with Crippen LogP contribution in [0.3, 0.4) is 0 Å². The summed E-state index contributed by atoms with van der Waals surface area (Å²) >= 11 is 4.57. The molecule has 5 rings (SSSR count). The molecule has 238 valence electrons. The van der Waals surface area contributed by atoms with E-state index in [1.54, 1.807) is 0 Å². The summed E-state index contributed by atoms with van der Waals surface area (Å²) in [6.07, 6.45) is 20.8. The summed E-state index contributed by atoms with van der Waals surface area (Å²) in [6, 6.07) is 35.8. The lowest BCUT2D eigenvalue weighted by atomic mass is 10.1. The van der Waals surface area contributed by atoms with E-state index in [-0.39, 0.29) is 0 Å². The van der Waals surface area contributed by atoms with Crippen LogP contribution in [-0.2, 0) is 12.8 Å². The molecule has 0 aliphatic heterocycles. The number of nitrogens with zero attached hydrogens (tertiary/aromatic N) is 2. The van der Waals surface area contributed by atoms with Crippen molar-refractivity contribution in [2.45, 2.75) is 89.9 Å². The Morgan fingerprint density at radius 2 is 0.913 bits per heavy atom. The molecular weight excluding hydrogens is 577 g/mol. The Hall–Kier alpha value is -3.95. The van der Waals surface area contributed by atoms with Gasteiger partial charge in [0, 0.05) is 45.5 Å². The molecule has 46 heavy (non-hydrogen) atoms. The SMILES string of the molecule is CCCCC1=CC=C(N(c2ccc(S)cc2)c2ccc(N(c3ccc(CCCC)cc3)c3ccc(CCCC)cc3)cc2)CC=C1. The second kappa shape index (κ2) is 17.1. The van der Waals surface area contributed by atoms with Crippen LogP contribution in [0, 0.1) is 0 Å². The smallest absolute Gasteiger partial charge is 0.0463 e. The number of benzene rings is 4. The fourth-order valence-electron chi connectivity index (χ4n) is 6.04. The molecule has 3 heteroatoms. The first-order chi connectivity index (χ1) is 22.6. The van der Waals surface area contributed by atoms with Crippen LogP contribution >= 0.6 is 12.6 Å². The Morgan fingerprint density at radius 1 is 0.500 bits per heavy atom. The maximum absolute atomic E-state index is 4.57. The number of hydrogen-bond donors (Lipinski definition) is 1. The first-order valence-corrected chi connectivity index (χ1v) is 17.8. The van der Waals surface area contributed by atoms with E-state index in [0.29, 0.717) is 0 Å². The van der Waals surface area contributed by atoms with Gasteiger partial charge in [-0.2, -0.15) is 0 Å². The zero-order valence-corrected chi connectivity index (χ0v) is 28.9. The Labute approximate surface area is 283 Å². The molecule has 0 spiro atoms. The van der Waals surface area contributed by atoms with Gasteiger partial charge in [0.2, 0.25) is 0 Å². The minimum absolute atomic E-state index is 0.872. The third-order valence-electron chi connectivity index (χ3n) is 8.76. The van der Waals surface area contributed by atoms with E-state index in [2.05, 4.69) is 165 Å². The molecule has 0 saturated carbocycles. The number of anilines is 5. The quantitative estimate of drug-likeness (QED) is 0.131. The van der Waals surface area contributed by atoms with E-state index in [4.69, 9.17) is 0 Å². The summed E-state index contributed by atoms with van der Waals surface area (Å²) in [6.45, 7) is 6.77. The van der Waals surface area contributed by atoms with Crippen molar-refractivity contribution in [3.63, 3.8) is 0 Å². The van der Waals surface area contributed by atoms with Gasteiger partial charge in [0.1, 0.15) is 0 Å². The maximum atomic E-state index is 4.57. The zero-order chi connectivity index (χ0) is 32.1. The molecule has 4 aromatic rings. The second-order valence-electron chi connectivity index (χ2n) is 12.4. The molecule has 0 aromatic heterocycles.